The zero-order valence-corrected chi connectivity index (χ0v) is 18.1. The molecule has 0 saturated heterocycles. The summed E-state index contributed by atoms with van der Waals surface area (Å²) in [6.07, 6.45) is 0.732. The van der Waals surface area contributed by atoms with Gasteiger partial charge in [0.2, 0.25) is 15.9 Å². The summed E-state index contributed by atoms with van der Waals surface area (Å²) in [6, 6.07) is 13.4. The van der Waals surface area contributed by atoms with Gasteiger partial charge in [0.25, 0.3) is 0 Å². The molecule has 1 amide bonds. The number of halogens is 1. The van der Waals surface area contributed by atoms with Crippen molar-refractivity contribution in [2.45, 2.75) is 37.6 Å². The number of ketones is 1. The van der Waals surface area contributed by atoms with Crippen LogP contribution in [0, 0.1) is 0 Å². The second-order valence-corrected chi connectivity index (χ2v) is 8.99. The van der Waals surface area contributed by atoms with E-state index < -0.39 is 10.0 Å². The number of Topliss-reactive ketones (excluding diaryl/α,β-unsaturated/α-hetero) is 1. The van der Waals surface area contributed by atoms with Crippen molar-refractivity contribution in [3.63, 3.8) is 0 Å². The Morgan fingerprint density at radius 2 is 1.79 bits per heavy atom. The molecule has 2 aromatic carbocycles. The first-order chi connectivity index (χ1) is 13.2. The van der Waals surface area contributed by atoms with Crippen molar-refractivity contribution in [3.05, 3.63) is 64.1 Å². The van der Waals surface area contributed by atoms with Gasteiger partial charge in [0.1, 0.15) is 0 Å². The van der Waals surface area contributed by atoms with E-state index in [1.165, 1.54) is 25.1 Å². The fraction of sp³-hybridized carbons (Fsp3) is 0.300. The summed E-state index contributed by atoms with van der Waals surface area (Å²) in [5.41, 5.74) is 1.31. The summed E-state index contributed by atoms with van der Waals surface area (Å²) in [6.45, 7) is 3.31. The third kappa shape index (κ3) is 6.25. The van der Waals surface area contributed by atoms with E-state index in [-0.39, 0.29) is 35.6 Å². The van der Waals surface area contributed by atoms with Crippen LogP contribution in [0.3, 0.4) is 0 Å². The molecule has 6 nitrogen and oxygen atoms in total. The topological polar surface area (TPSA) is 92.3 Å². The summed E-state index contributed by atoms with van der Waals surface area (Å²) in [5, 5.41) is 2.92. The van der Waals surface area contributed by atoms with Crippen LogP contribution >= 0.6 is 15.9 Å². The lowest BCUT2D eigenvalue weighted by atomic mass is 10.0. The molecule has 0 radical (unpaired) electrons. The Balaban J connectivity index is 1.92. The van der Waals surface area contributed by atoms with E-state index in [0.29, 0.717) is 5.56 Å². The molecule has 0 spiro atoms. The predicted octanol–water partition coefficient (Wildman–Crippen LogP) is 3.59. The van der Waals surface area contributed by atoms with E-state index in [1.54, 1.807) is 6.07 Å². The van der Waals surface area contributed by atoms with Crippen LogP contribution < -0.4 is 10.0 Å². The number of benzene rings is 2. The standard InChI is InChI=1S/C20H23BrN2O4S/c1-3-19(15-7-9-17(21)10-8-15)23-20(25)11-12-22-28(26,27)18-6-4-5-16(13-18)14(2)24/h4-10,13,19,22H,3,11-12H2,1-2H3,(H,23,25)/t19-/m0/s1. The second kappa shape index (κ2) is 9.95. The van der Waals surface area contributed by atoms with Gasteiger partial charge in [-0.3, -0.25) is 9.59 Å². The lowest BCUT2D eigenvalue weighted by Crippen LogP contribution is -2.32. The van der Waals surface area contributed by atoms with Crippen LogP contribution in [0.4, 0.5) is 0 Å². The van der Waals surface area contributed by atoms with Gasteiger partial charge >= 0.3 is 0 Å². The van der Waals surface area contributed by atoms with Crippen LogP contribution in [-0.2, 0) is 14.8 Å². The highest BCUT2D eigenvalue weighted by Gasteiger charge is 2.17. The van der Waals surface area contributed by atoms with Gasteiger partial charge < -0.3 is 5.32 Å². The molecular weight excluding hydrogens is 444 g/mol. The van der Waals surface area contributed by atoms with Crippen LogP contribution in [-0.4, -0.2) is 26.7 Å². The molecule has 0 aliphatic carbocycles. The Morgan fingerprint density at radius 1 is 1.11 bits per heavy atom. The molecule has 2 aromatic rings. The maximum absolute atomic E-state index is 12.4. The number of sulfonamides is 1. The second-order valence-electron chi connectivity index (χ2n) is 6.31. The molecule has 0 saturated carbocycles. The molecule has 2 rings (SSSR count). The van der Waals surface area contributed by atoms with E-state index in [4.69, 9.17) is 0 Å². The average Bonchev–Trinajstić information content (AvgIpc) is 2.67. The number of carbonyl (C=O) groups is 2. The third-order valence-electron chi connectivity index (χ3n) is 4.21. The Kier molecular flexibility index (Phi) is 7.91. The number of rotatable bonds is 9. The van der Waals surface area contributed by atoms with Crippen LogP contribution in [0.2, 0.25) is 0 Å². The van der Waals surface area contributed by atoms with E-state index in [9.17, 15) is 18.0 Å². The van der Waals surface area contributed by atoms with Gasteiger partial charge in [0.05, 0.1) is 10.9 Å². The molecule has 28 heavy (non-hydrogen) atoms. The van der Waals surface area contributed by atoms with Crippen molar-refractivity contribution in [1.82, 2.24) is 10.0 Å². The highest BCUT2D eigenvalue weighted by Crippen LogP contribution is 2.19. The largest absolute Gasteiger partial charge is 0.349 e. The fourth-order valence-corrected chi connectivity index (χ4v) is 3.99. The van der Waals surface area contributed by atoms with Crippen molar-refractivity contribution in [1.29, 1.82) is 0 Å². The first kappa shape index (κ1) is 22.3. The molecule has 0 bridgehead atoms. The molecule has 1 atom stereocenters. The first-order valence-corrected chi connectivity index (χ1v) is 11.2. The van der Waals surface area contributed by atoms with Crippen LogP contribution in [0.15, 0.2) is 57.9 Å². The van der Waals surface area contributed by atoms with Crippen LogP contribution in [0.5, 0.6) is 0 Å². The quantitative estimate of drug-likeness (QED) is 0.552. The minimum absolute atomic E-state index is 0.00176. The van der Waals surface area contributed by atoms with Gasteiger partial charge in [-0.2, -0.15) is 0 Å². The van der Waals surface area contributed by atoms with E-state index >= 15 is 0 Å². The SMILES string of the molecule is CC[C@H](NC(=O)CCNS(=O)(=O)c1cccc(C(C)=O)c1)c1ccc(Br)cc1. The predicted molar refractivity (Wildman–Crippen MR) is 112 cm³/mol. The zero-order valence-electron chi connectivity index (χ0n) is 15.7. The highest BCUT2D eigenvalue weighted by molar-refractivity contribution is 9.10. The summed E-state index contributed by atoms with van der Waals surface area (Å²) in [4.78, 5) is 23.6. The van der Waals surface area contributed by atoms with Crippen molar-refractivity contribution in [2.75, 3.05) is 6.54 Å². The molecule has 0 unspecified atom stereocenters. The number of carbonyl (C=O) groups excluding carboxylic acids is 2. The monoisotopic (exact) mass is 466 g/mol. The molecule has 0 aromatic heterocycles. The summed E-state index contributed by atoms with van der Waals surface area (Å²) in [7, 11) is -3.79. The molecule has 2 N–H and O–H groups in total. The fourth-order valence-electron chi connectivity index (χ4n) is 2.65. The summed E-state index contributed by atoms with van der Waals surface area (Å²) >= 11 is 3.38. The molecule has 0 fully saturated rings. The maximum Gasteiger partial charge on any atom is 0.240 e. The number of nitrogens with one attached hydrogen (secondary N) is 2. The number of hydrogen-bond donors (Lipinski definition) is 2. The van der Waals surface area contributed by atoms with Crippen molar-refractivity contribution >= 4 is 37.6 Å². The lowest BCUT2D eigenvalue weighted by molar-refractivity contribution is -0.121. The Hall–Kier alpha value is -2.03. The first-order valence-electron chi connectivity index (χ1n) is 8.88. The van der Waals surface area contributed by atoms with Crippen LogP contribution in [0.1, 0.15) is 48.7 Å². The smallest absolute Gasteiger partial charge is 0.240 e. The summed E-state index contributed by atoms with van der Waals surface area (Å²) < 4.78 is 28.1. The van der Waals surface area contributed by atoms with E-state index in [2.05, 4.69) is 26.0 Å². The van der Waals surface area contributed by atoms with Gasteiger partial charge in [-0.05, 0) is 43.2 Å². The normalized spacial score (nSPS) is 12.4. The van der Waals surface area contributed by atoms with Crippen molar-refractivity contribution in [3.8, 4) is 0 Å². The van der Waals surface area contributed by atoms with Gasteiger partial charge in [-0.15, -0.1) is 0 Å². The highest BCUT2D eigenvalue weighted by atomic mass is 79.9. The number of amides is 1. The van der Waals surface area contributed by atoms with Gasteiger partial charge in [-0.25, -0.2) is 13.1 Å². The Morgan fingerprint density at radius 3 is 2.39 bits per heavy atom. The average molecular weight is 467 g/mol. The maximum atomic E-state index is 12.4. The van der Waals surface area contributed by atoms with Crippen LogP contribution in [0.25, 0.3) is 0 Å². The van der Waals surface area contributed by atoms with Gasteiger partial charge in [0.15, 0.2) is 5.78 Å². The minimum atomic E-state index is -3.79. The molecule has 150 valence electrons. The van der Waals surface area contributed by atoms with Crippen molar-refractivity contribution < 1.29 is 18.0 Å². The molecule has 0 aliphatic heterocycles. The molecular formula is C20H23BrN2O4S. The molecule has 0 aliphatic rings. The molecule has 8 heteroatoms. The molecule has 0 heterocycles. The Labute approximate surface area is 173 Å². The minimum Gasteiger partial charge on any atom is -0.349 e. The third-order valence-corrected chi connectivity index (χ3v) is 6.20. The number of hydrogen-bond acceptors (Lipinski definition) is 4. The Bertz CT molecular complexity index is 943. The van der Waals surface area contributed by atoms with Gasteiger partial charge in [0, 0.05) is 23.0 Å². The van der Waals surface area contributed by atoms with Gasteiger partial charge in [-0.1, -0.05) is 47.1 Å². The van der Waals surface area contributed by atoms with E-state index in [1.807, 2.05) is 31.2 Å². The summed E-state index contributed by atoms with van der Waals surface area (Å²) in [5.74, 6) is -0.454. The van der Waals surface area contributed by atoms with E-state index in [0.717, 1.165) is 16.5 Å². The lowest BCUT2D eigenvalue weighted by Gasteiger charge is -2.17. The zero-order chi connectivity index (χ0) is 20.7. The van der Waals surface area contributed by atoms with Crippen molar-refractivity contribution in [2.24, 2.45) is 0 Å².